The first-order valence-electron chi connectivity index (χ1n) is 5.59. The highest BCUT2D eigenvalue weighted by atomic mass is 32.1. The van der Waals surface area contributed by atoms with Gasteiger partial charge in [-0.2, -0.15) is 0 Å². The molecule has 1 fully saturated rings. The van der Waals surface area contributed by atoms with E-state index in [0.29, 0.717) is 12.5 Å². The molecule has 1 aliphatic carbocycles. The predicted octanol–water partition coefficient (Wildman–Crippen LogP) is 2.55. The Balaban J connectivity index is 2.20. The third-order valence-electron chi connectivity index (χ3n) is 3.69. The SMILES string of the molecule is CC1CCC(CN)(C(O)c2cccs2)C1. The molecule has 0 aliphatic heterocycles. The third kappa shape index (κ3) is 1.96. The van der Waals surface area contributed by atoms with Gasteiger partial charge in [-0.05, 0) is 30.2 Å². The number of thiophene rings is 1. The van der Waals surface area contributed by atoms with Crippen LogP contribution >= 0.6 is 11.3 Å². The molecule has 1 aliphatic rings. The van der Waals surface area contributed by atoms with E-state index in [-0.39, 0.29) is 11.5 Å². The summed E-state index contributed by atoms with van der Waals surface area (Å²) in [5.41, 5.74) is 5.82. The highest BCUT2D eigenvalue weighted by Gasteiger charge is 2.43. The lowest BCUT2D eigenvalue weighted by molar-refractivity contribution is 0.0336. The zero-order chi connectivity index (χ0) is 10.9. The largest absolute Gasteiger partial charge is 0.387 e. The molecule has 1 aromatic heterocycles. The molecular formula is C12H19NOS. The fourth-order valence-corrected chi connectivity index (χ4v) is 3.58. The lowest BCUT2D eigenvalue weighted by atomic mass is 9.79. The van der Waals surface area contributed by atoms with Gasteiger partial charge in [0.05, 0.1) is 6.10 Å². The molecule has 0 saturated heterocycles. The smallest absolute Gasteiger partial charge is 0.0950 e. The van der Waals surface area contributed by atoms with E-state index in [1.54, 1.807) is 11.3 Å². The Bertz CT molecular complexity index is 311. The monoisotopic (exact) mass is 225 g/mol. The van der Waals surface area contributed by atoms with Gasteiger partial charge in [0.25, 0.3) is 0 Å². The van der Waals surface area contributed by atoms with Gasteiger partial charge in [-0.1, -0.05) is 19.4 Å². The predicted molar refractivity (Wildman–Crippen MR) is 63.8 cm³/mol. The van der Waals surface area contributed by atoms with E-state index in [0.717, 1.165) is 17.7 Å². The summed E-state index contributed by atoms with van der Waals surface area (Å²) >= 11 is 1.63. The molecular weight excluding hydrogens is 206 g/mol. The van der Waals surface area contributed by atoms with Crippen LogP contribution in [0.15, 0.2) is 17.5 Å². The molecule has 3 heteroatoms. The van der Waals surface area contributed by atoms with Crippen molar-refractivity contribution < 1.29 is 5.11 Å². The van der Waals surface area contributed by atoms with Gasteiger partial charge in [0.1, 0.15) is 0 Å². The maximum absolute atomic E-state index is 10.4. The second-order valence-corrected chi connectivity index (χ2v) is 5.81. The normalized spacial score (nSPS) is 33.1. The van der Waals surface area contributed by atoms with Crippen molar-refractivity contribution in [1.29, 1.82) is 0 Å². The van der Waals surface area contributed by atoms with Crippen molar-refractivity contribution in [1.82, 2.24) is 0 Å². The second-order valence-electron chi connectivity index (χ2n) is 4.83. The van der Waals surface area contributed by atoms with Gasteiger partial charge in [-0.15, -0.1) is 11.3 Å². The third-order valence-corrected chi connectivity index (χ3v) is 4.61. The van der Waals surface area contributed by atoms with Crippen LogP contribution in [0.1, 0.15) is 37.2 Å². The first kappa shape index (κ1) is 11.1. The summed E-state index contributed by atoms with van der Waals surface area (Å²) < 4.78 is 0. The van der Waals surface area contributed by atoms with Gasteiger partial charge in [0, 0.05) is 16.8 Å². The van der Waals surface area contributed by atoms with Crippen LogP contribution in [0.4, 0.5) is 0 Å². The molecule has 0 aromatic carbocycles. The molecule has 1 heterocycles. The molecule has 0 bridgehead atoms. The summed E-state index contributed by atoms with van der Waals surface area (Å²) in [5, 5.41) is 12.4. The van der Waals surface area contributed by atoms with E-state index in [4.69, 9.17) is 5.73 Å². The number of rotatable bonds is 3. The molecule has 2 rings (SSSR count). The Morgan fingerprint density at radius 2 is 2.53 bits per heavy atom. The Morgan fingerprint density at radius 3 is 3.00 bits per heavy atom. The van der Waals surface area contributed by atoms with Crippen LogP contribution in [-0.4, -0.2) is 11.7 Å². The van der Waals surface area contributed by atoms with Crippen LogP contribution in [0.2, 0.25) is 0 Å². The van der Waals surface area contributed by atoms with Gasteiger partial charge in [0.15, 0.2) is 0 Å². The Kier molecular flexibility index (Phi) is 3.14. The summed E-state index contributed by atoms with van der Waals surface area (Å²) in [7, 11) is 0. The maximum Gasteiger partial charge on any atom is 0.0950 e. The van der Waals surface area contributed by atoms with Gasteiger partial charge in [0.2, 0.25) is 0 Å². The molecule has 3 unspecified atom stereocenters. The highest BCUT2D eigenvalue weighted by Crippen LogP contribution is 2.49. The number of nitrogens with two attached hydrogens (primary N) is 1. The number of hydrogen-bond acceptors (Lipinski definition) is 3. The Hall–Kier alpha value is -0.380. The van der Waals surface area contributed by atoms with Crippen LogP contribution in [0.3, 0.4) is 0 Å². The minimum Gasteiger partial charge on any atom is -0.387 e. The molecule has 1 saturated carbocycles. The van der Waals surface area contributed by atoms with E-state index in [1.165, 1.54) is 6.42 Å². The topological polar surface area (TPSA) is 46.2 Å². The molecule has 3 atom stereocenters. The Morgan fingerprint density at radius 1 is 1.73 bits per heavy atom. The van der Waals surface area contributed by atoms with Crippen LogP contribution in [0.5, 0.6) is 0 Å². The fourth-order valence-electron chi connectivity index (χ4n) is 2.73. The quantitative estimate of drug-likeness (QED) is 0.830. The average molecular weight is 225 g/mol. The highest BCUT2D eigenvalue weighted by molar-refractivity contribution is 7.10. The molecule has 2 nitrogen and oxygen atoms in total. The lowest BCUT2D eigenvalue weighted by Gasteiger charge is -2.32. The molecule has 84 valence electrons. The van der Waals surface area contributed by atoms with E-state index < -0.39 is 0 Å². The molecule has 15 heavy (non-hydrogen) atoms. The second kappa shape index (κ2) is 4.24. The summed E-state index contributed by atoms with van der Waals surface area (Å²) in [6.07, 6.45) is 2.94. The van der Waals surface area contributed by atoms with Crippen molar-refractivity contribution in [3.8, 4) is 0 Å². The number of aliphatic hydroxyl groups excluding tert-OH is 1. The van der Waals surface area contributed by atoms with Crippen LogP contribution in [0.25, 0.3) is 0 Å². The van der Waals surface area contributed by atoms with Crippen molar-refractivity contribution >= 4 is 11.3 Å². The number of aliphatic hydroxyl groups is 1. The zero-order valence-corrected chi connectivity index (χ0v) is 9.96. The van der Waals surface area contributed by atoms with Gasteiger partial charge in [-0.3, -0.25) is 0 Å². The first-order valence-corrected chi connectivity index (χ1v) is 6.47. The molecule has 3 N–H and O–H groups in total. The van der Waals surface area contributed by atoms with E-state index in [1.807, 2.05) is 17.5 Å². The summed E-state index contributed by atoms with van der Waals surface area (Å²) in [6.45, 7) is 2.84. The van der Waals surface area contributed by atoms with E-state index in [2.05, 4.69) is 6.92 Å². The van der Waals surface area contributed by atoms with Crippen molar-refractivity contribution in [2.45, 2.75) is 32.3 Å². The summed E-state index contributed by atoms with van der Waals surface area (Å²) in [4.78, 5) is 1.06. The average Bonchev–Trinajstić information content (AvgIpc) is 2.86. The van der Waals surface area contributed by atoms with E-state index in [9.17, 15) is 5.11 Å². The number of hydrogen-bond donors (Lipinski definition) is 2. The molecule has 0 spiro atoms. The van der Waals surface area contributed by atoms with Gasteiger partial charge < -0.3 is 10.8 Å². The zero-order valence-electron chi connectivity index (χ0n) is 9.15. The van der Waals surface area contributed by atoms with Crippen LogP contribution in [-0.2, 0) is 0 Å². The summed E-state index contributed by atoms with van der Waals surface area (Å²) in [5.74, 6) is 0.697. The lowest BCUT2D eigenvalue weighted by Crippen LogP contribution is -2.34. The minimum absolute atomic E-state index is 0.0652. The van der Waals surface area contributed by atoms with Crippen LogP contribution in [0, 0.1) is 11.3 Å². The van der Waals surface area contributed by atoms with Crippen molar-refractivity contribution in [3.05, 3.63) is 22.4 Å². The molecule has 0 amide bonds. The van der Waals surface area contributed by atoms with Crippen LogP contribution < -0.4 is 5.73 Å². The van der Waals surface area contributed by atoms with Gasteiger partial charge >= 0.3 is 0 Å². The minimum atomic E-state index is -0.368. The molecule has 1 aromatic rings. The Labute approximate surface area is 95.1 Å². The van der Waals surface area contributed by atoms with Gasteiger partial charge in [-0.25, -0.2) is 0 Å². The maximum atomic E-state index is 10.4. The fraction of sp³-hybridized carbons (Fsp3) is 0.667. The van der Waals surface area contributed by atoms with Crippen molar-refractivity contribution in [2.24, 2.45) is 17.1 Å². The van der Waals surface area contributed by atoms with Crippen molar-refractivity contribution in [2.75, 3.05) is 6.54 Å². The standard InChI is InChI=1S/C12H19NOS/c1-9-4-5-12(7-9,8-13)11(14)10-3-2-6-15-10/h2-3,6,9,11,14H,4-5,7-8,13H2,1H3. The first-order chi connectivity index (χ1) is 7.18. The van der Waals surface area contributed by atoms with E-state index >= 15 is 0 Å². The molecule has 0 radical (unpaired) electrons. The summed E-state index contributed by atoms with van der Waals surface area (Å²) in [6, 6.07) is 4.00. The van der Waals surface area contributed by atoms with Crippen molar-refractivity contribution in [3.63, 3.8) is 0 Å².